The molecule has 1 fully saturated rings. The van der Waals surface area contributed by atoms with Crippen LogP contribution in [-0.2, 0) is 9.59 Å². The van der Waals surface area contributed by atoms with Crippen LogP contribution in [0, 0.1) is 0 Å². The minimum atomic E-state index is -0.196. The van der Waals surface area contributed by atoms with E-state index < -0.39 is 0 Å². The molecule has 154 valence electrons. The summed E-state index contributed by atoms with van der Waals surface area (Å²) in [5, 5.41) is 3.03. The molecule has 0 radical (unpaired) electrons. The van der Waals surface area contributed by atoms with Gasteiger partial charge in [0.2, 0.25) is 11.8 Å². The Bertz CT molecular complexity index is 539. The Morgan fingerprint density at radius 1 is 1.04 bits per heavy atom. The number of amides is 2. The SMILES string of the molecule is CCN(C(=O)CN1CCCN(CC(=O)NC(C)(C)C)CC1)C1=CCCCC1. The van der Waals surface area contributed by atoms with Crippen LogP contribution >= 0.6 is 0 Å². The van der Waals surface area contributed by atoms with Gasteiger partial charge in [-0.25, -0.2) is 0 Å². The predicted octanol–water partition coefficient (Wildman–Crippen LogP) is 2.22. The average Bonchev–Trinajstić information content (AvgIpc) is 2.80. The number of carbonyl (C=O) groups excluding carboxylic acids is 2. The van der Waals surface area contributed by atoms with Gasteiger partial charge in [-0.2, -0.15) is 0 Å². The highest BCUT2D eigenvalue weighted by atomic mass is 16.2. The molecule has 2 amide bonds. The maximum absolute atomic E-state index is 12.8. The zero-order chi connectivity index (χ0) is 19.9. The standard InChI is InChI=1S/C21H38N4O2/c1-5-25(18-10-7-6-8-11-18)20(27)17-24-13-9-12-23(14-15-24)16-19(26)22-21(2,3)4/h10H,5-9,11-17H2,1-4H3,(H,22,26). The van der Waals surface area contributed by atoms with Crippen LogP contribution in [0.25, 0.3) is 0 Å². The maximum Gasteiger partial charge on any atom is 0.240 e. The van der Waals surface area contributed by atoms with Crippen molar-refractivity contribution in [3.8, 4) is 0 Å². The highest BCUT2D eigenvalue weighted by molar-refractivity contribution is 5.80. The molecule has 2 aliphatic rings. The number of nitrogens with zero attached hydrogens (tertiary/aromatic N) is 3. The number of carbonyl (C=O) groups is 2. The Morgan fingerprint density at radius 2 is 1.70 bits per heavy atom. The minimum Gasteiger partial charge on any atom is -0.350 e. The van der Waals surface area contributed by atoms with Gasteiger partial charge in [-0.1, -0.05) is 6.08 Å². The summed E-state index contributed by atoms with van der Waals surface area (Å²) < 4.78 is 0. The Morgan fingerprint density at radius 3 is 2.26 bits per heavy atom. The Kier molecular flexibility index (Phi) is 8.29. The van der Waals surface area contributed by atoms with Gasteiger partial charge >= 0.3 is 0 Å². The number of allylic oxidation sites excluding steroid dienone is 2. The normalized spacial score (nSPS) is 19.9. The minimum absolute atomic E-state index is 0.0772. The van der Waals surface area contributed by atoms with E-state index in [4.69, 9.17) is 0 Å². The molecule has 1 saturated heterocycles. The van der Waals surface area contributed by atoms with Gasteiger partial charge in [0.05, 0.1) is 13.1 Å². The molecule has 6 nitrogen and oxygen atoms in total. The van der Waals surface area contributed by atoms with Gasteiger partial charge in [-0.15, -0.1) is 0 Å². The van der Waals surface area contributed by atoms with Gasteiger partial charge in [0.1, 0.15) is 0 Å². The molecular formula is C21H38N4O2. The van der Waals surface area contributed by atoms with Crippen molar-refractivity contribution in [3.05, 3.63) is 11.8 Å². The molecule has 0 unspecified atom stereocenters. The van der Waals surface area contributed by atoms with E-state index in [1.807, 2.05) is 25.7 Å². The second-order valence-electron chi connectivity index (χ2n) is 8.78. The lowest BCUT2D eigenvalue weighted by molar-refractivity contribution is -0.130. The van der Waals surface area contributed by atoms with Crippen LogP contribution in [0.5, 0.6) is 0 Å². The summed E-state index contributed by atoms with van der Waals surface area (Å²) in [6, 6.07) is 0. The van der Waals surface area contributed by atoms with Crippen molar-refractivity contribution in [1.82, 2.24) is 20.0 Å². The first-order chi connectivity index (χ1) is 12.8. The molecule has 1 aliphatic carbocycles. The summed E-state index contributed by atoms with van der Waals surface area (Å²) in [6.07, 6.45) is 7.77. The summed E-state index contributed by atoms with van der Waals surface area (Å²) in [7, 11) is 0. The van der Waals surface area contributed by atoms with Gasteiger partial charge in [0.15, 0.2) is 0 Å². The fourth-order valence-corrected chi connectivity index (χ4v) is 3.88. The topological polar surface area (TPSA) is 55.9 Å². The molecule has 0 saturated carbocycles. The van der Waals surface area contributed by atoms with Gasteiger partial charge in [0, 0.05) is 30.9 Å². The lowest BCUT2D eigenvalue weighted by atomic mass is 10.0. The van der Waals surface area contributed by atoms with Crippen molar-refractivity contribution < 1.29 is 9.59 Å². The molecule has 27 heavy (non-hydrogen) atoms. The van der Waals surface area contributed by atoms with E-state index in [2.05, 4.69) is 28.1 Å². The van der Waals surface area contributed by atoms with Gasteiger partial charge < -0.3 is 10.2 Å². The number of hydrogen-bond acceptors (Lipinski definition) is 4. The summed E-state index contributed by atoms with van der Waals surface area (Å²) in [4.78, 5) is 31.4. The molecule has 2 rings (SSSR count). The summed E-state index contributed by atoms with van der Waals surface area (Å²) in [6.45, 7) is 13.2. The average molecular weight is 379 g/mol. The molecule has 0 aromatic heterocycles. The quantitative estimate of drug-likeness (QED) is 0.770. The second-order valence-corrected chi connectivity index (χ2v) is 8.78. The largest absolute Gasteiger partial charge is 0.350 e. The van der Waals surface area contributed by atoms with E-state index in [1.165, 1.54) is 18.5 Å². The zero-order valence-electron chi connectivity index (χ0n) is 17.7. The molecule has 0 spiro atoms. The first kappa shape index (κ1) is 21.9. The zero-order valence-corrected chi connectivity index (χ0v) is 17.7. The van der Waals surface area contributed by atoms with Crippen LogP contribution in [0.3, 0.4) is 0 Å². The number of hydrogen-bond donors (Lipinski definition) is 1. The van der Waals surface area contributed by atoms with Crippen LogP contribution in [-0.4, -0.2) is 77.9 Å². The first-order valence-electron chi connectivity index (χ1n) is 10.5. The van der Waals surface area contributed by atoms with Crippen molar-refractivity contribution in [2.75, 3.05) is 45.8 Å². The van der Waals surface area contributed by atoms with E-state index in [9.17, 15) is 9.59 Å². The lowest BCUT2D eigenvalue weighted by Gasteiger charge is -2.29. The van der Waals surface area contributed by atoms with Gasteiger partial charge in [0.25, 0.3) is 0 Å². The lowest BCUT2D eigenvalue weighted by Crippen LogP contribution is -2.46. The van der Waals surface area contributed by atoms with E-state index in [-0.39, 0.29) is 17.4 Å². The van der Waals surface area contributed by atoms with Crippen molar-refractivity contribution in [2.45, 2.75) is 65.3 Å². The third-order valence-corrected chi connectivity index (χ3v) is 5.15. The van der Waals surface area contributed by atoms with E-state index >= 15 is 0 Å². The van der Waals surface area contributed by atoms with E-state index in [1.54, 1.807) is 0 Å². The summed E-state index contributed by atoms with van der Waals surface area (Å²) in [5.41, 5.74) is 1.02. The molecule has 0 aromatic rings. The van der Waals surface area contributed by atoms with Crippen LogP contribution in [0.1, 0.15) is 59.8 Å². The first-order valence-corrected chi connectivity index (χ1v) is 10.5. The van der Waals surface area contributed by atoms with Crippen LogP contribution in [0.2, 0.25) is 0 Å². The van der Waals surface area contributed by atoms with Gasteiger partial charge in [-0.3, -0.25) is 19.4 Å². The molecule has 0 bridgehead atoms. The number of likely N-dealkylation sites (N-methyl/N-ethyl adjacent to an activating group) is 1. The Labute approximate surface area is 164 Å². The molecule has 0 atom stereocenters. The number of rotatable bonds is 6. The maximum atomic E-state index is 12.8. The van der Waals surface area contributed by atoms with Crippen LogP contribution in [0.4, 0.5) is 0 Å². The van der Waals surface area contributed by atoms with E-state index in [0.717, 1.165) is 52.0 Å². The third kappa shape index (κ3) is 7.62. The fraction of sp³-hybridized carbons (Fsp3) is 0.810. The van der Waals surface area contributed by atoms with Crippen molar-refractivity contribution >= 4 is 11.8 Å². The summed E-state index contributed by atoms with van der Waals surface area (Å²) >= 11 is 0. The van der Waals surface area contributed by atoms with Crippen LogP contribution < -0.4 is 5.32 Å². The molecule has 0 aromatic carbocycles. The number of nitrogens with one attached hydrogen (secondary N) is 1. The Hall–Kier alpha value is -1.40. The molecular weight excluding hydrogens is 340 g/mol. The third-order valence-electron chi connectivity index (χ3n) is 5.15. The smallest absolute Gasteiger partial charge is 0.240 e. The fourth-order valence-electron chi connectivity index (χ4n) is 3.88. The van der Waals surface area contributed by atoms with E-state index in [0.29, 0.717) is 13.1 Å². The summed E-state index contributed by atoms with van der Waals surface area (Å²) in [5.74, 6) is 0.290. The van der Waals surface area contributed by atoms with Crippen molar-refractivity contribution in [3.63, 3.8) is 0 Å². The van der Waals surface area contributed by atoms with Crippen molar-refractivity contribution in [1.29, 1.82) is 0 Å². The van der Waals surface area contributed by atoms with Gasteiger partial charge in [-0.05, 0) is 72.9 Å². The highest BCUT2D eigenvalue weighted by Crippen LogP contribution is 2.21. The Balaban J connectivity index is 1.82. The molecule has 1 heterocycles. The molecule has 1 aliphatic heterocycles. The predicted molar refractivity (Wildman–Crippen MR) is 109 cm³/mol. The monoisotopic (exact) mass is 378 g/mol. The second kappa shape index (κ2) is 10.2. The molecule has 6 heteroatoms. The van der Waals surface area contributed by atoms with Crippen LogP contribution in [0.15, 0.2) is 11.8 Å². The van der Waals surface area contributed by atoms with Crippen molar-refractivity contribution in [2.24, 2.45) is 0 Å². The molecule has 1 N–H and O–H groups in total. The highest BCUT2D eigenvalue weighted by Gasteiger charge is 2.23.